The van der Waals surface area contributed by atoms with E-state index in [9.17, 15) is 9.90 Å². The highest BCUT2D eigenvalue weighted by atomic mass is 35.5. The van der Waals surface area contributed by atoms with Gasteiger partial charge in [-0.3, -0.25) is 4.99 Å². The van der Waals surface area contributed by atoms with Crippen molar-refractivity contribution in [3.63, 3.8) is 0 Å². The summed E-state index contributed by atoms with van der Waals surface area (Å²) in [5.74, 6) is -1.06. The van der Waals surface area contributed by atoms with E-state index in [4.69, 9.17) is 11.6 Å². The molecule has 3 N–H and O–H groups in total. The Bertz CT molecular complexity index is 1290. The monoisotopic (exact) mass is 390 g/mol. The summed E-state index contributed by atoms with van der Waals surface area (Å²) in [5, 5.41) is 11.5. The average Bonchev–Trinajstić information content (AvgIpc) is 3.39. The second-order valence-electron chi connectivity index (χ2n) is 6.89. The fraction of sp³-hybridized carbons (Fsp3) is 0.0952. The Kier molecular flexibility index (Phi) is 3.64. The van der Waals surface area contributed by atoms with Crippen LogP contribution in [0.15, 0.2) is 69.8 Å². The zero-order chi connectivity index (χ0) is 19.3. The van der Waals surface area contributed by atoms with E-state index in [1.165, 1.54) is 6.08 Å². The van der Waals surface area contributed by atoms with E-state index in [2.05, 4.69) is 20.0 Å². The molecule has 2 aromatic heterocycles. The fourth-order valence-corrected chi connectivity index (χ4v) is 3.84. The maximum atomic E-state index is 11.7. The molecular formula is C21H15ClN4O2. The van der Waals surface area contributed by atoms with E-state index in [0.29, 0.717) is 17.8 Å². The minimum Gasteiger partial charge on any atom is -0.478 e. The molecule has 0 amide bonds. The molecule has 2 aromatic rings. The first-order valence-electron chi connectivity index (χ1n) is 8.76. The number of halogens is 1. The van der Waals surface area contributed by atoms with Crippen LogP contribution in [-0.4, -0.2) is 37.5 Å². The lowest BCUT2D eigenvalue weighted by atomic mass is 10.1. The van der Waals surface area contributed by atoms with Gasteiger partial charge in [-0.25, -0.2) is 9.79 Å². The zero-order valence-electron chi connectivity index (χ0n) is 14.6. The normalized spacial score (nSPS) is 22.6. The summed E-state index contributed by atoms with van der Waals surface area (Å²) in [7, 11) is 0. The van der Waals surface area contributed by atoms with Crippen LogP contribution >= 0.6 is 11.6 Å². The van der Waals surface area contributed by atoms with Crippen molar-refractivity contribution in [1.29, 1.82) is 0 Å². The number of fused-ring (bicyclic) bond motifs is 6. The van der Waals surface area contributed by atoms with E-state index in [0.717, 1.165) is 27.8 Å². The average molecular weight is 391 g/mol. The number of hydrogen-bond acceptors (Lipinski definition) is 3. The number of carboxylic acids is 1. The number of carboxylic acid groups (broad SMARTS) is 1. The van der Waals surface area contributed by atoms with Crippen molar-refractivity contribution in [1.82, 2.24) is 9.97 Å². The Morgan fingerprint density at radius 3 is 2.71 bits per heavy atom. The largest absolute Gasteiger partial charge is 0.478 e. The van der Waals surface area contributed by atoms with E-state index < -0.39 is 11.0 Å². The van der Waals surface area contributed by atoms with Crippen LogP contribution < -0.4 is 10.7 Å². The van der Waals surface area contributed by atoms with Gasteiger partial charge in [0.15, 0.2) is 5.00 Å². The van der Waals surface area contributed by atoms with Crippen LogP contribution in [0.25, 0.3) is 12.2 Å². The van der Waals surface area contributed by atoms with Gasteiger partial charge in [-0.1, -0.05) is 11.6 Å². The summed E-state index contributed by atoms with van der Waals surface area (Å²) in [4.78, 5) is 26.2. The summed E-state index contributed by atoms with van der Waals surface area (Å²) in [6.45, 7) is 0. The van der Waals surface area contributed by atoms with Crippen LogP contribution in [0, 0.1) is 0 Å². The van der Waals surface area contributed by atoms with E-state index in [1.807, 2.05) is 48.6 Å². The molecular weight excluding hydrogens is 376 g/mol. The van der Waals surface area contributed by atoms with Crippen molar-refractivity contribution in [2.75, 3.05) is 0 Å². The molecule has 0 spiro atoms. The van der Waals surface area contributed by atoms with Crippen molar-refractivity contribution in [2.24, 2.45) is 9.98 Å². The van der Waals surface area contributed by atoms with Gasteiger partial charge in [0.05, 0.1) is 22.7 Å². The van der Waals surface area contributed by atoms with Gasteiger partial charge in [0.1, 0.15) is 0 Å². The number of H-pyrrole nitrogens is 2. The molecule has 6 nitrogen and oxygen atoms in total. The number of hydrogen-bond donors (Lipinski definition) is 3. The summed E-state index contributed by atoms with van der Waals surface area (Å²) >= 11 is 6.66. The van der Waals surface area contributed by atoms with Gasteiger partial charge in [0.2, 0.25) is 0 Å². The molecule has 0 saturated carbocycles. The van der Waals surface area contributed by atoms with Gasteiger partial charge in [-0.15, -0.1) is 0 Å². The van der Waals surface area contributed by atoms with Crippen LogP contribution in [-0.2, 0) is 11.2 Å². The number of nitrogens with zero attached hydrogens (tertiary/aromatic N) is 2. The number of aliphatic imine (C=N–C) groups is 2. The van der Waals surface area contributed by atoms with Crippen LogP contribution in [0.5, 0.6) is 0 Å². The number of aromatic amines is 2. The third kappa shape index (κ3) is 3.08. The highest BCUT2D eigenvalue weighted by molar-refractivity contribution is 6.33. The molecule has 0 saturated heterocycles. The maximum absolute atomic E-state index is 11.7. The smallest absolute Gasteiger partial charge is 0.337 e. The van der Waals surface area contributed by atoms with Crippen molar-refractivity contribution in [3.05, 3.63) is 81.9 Å². The molecule has 8 bridgehead atoms. The van der Waals surface area contributed by atoms with Crippen LogP contribution in [0.1, 0.15) is 11.4 Å². The van der Waals surface area contributed by atoms with Gasteiger partial charge in [-0.2, -0.15) is 0 Å². The number of aliphatic carboxylic acids is 1. The Labute approximate surface area is 164 Å². The Morgan fingerprint density at radius 2 is 1.89 bits per heavy atom. The maximum Gasteiger partial charge on any atom is 0.337 e. The molecule has 5 heterocycles. The van der Waals surface area contributed by atoms with E-state index >= 15 is 0 Å². The molecule has 0 aliphatic carbocycles. The lowest BCUT2D eigenvalue weighted by Gasteiger charge is -2.14. The Balaban J connectivity index is 1.70. The number of rotatable bonds is 1. The highest BCUT2D eigenvalue weighted by Gasteiger charge is 2.35. The summed E-state index contributed by atoms with van der Waals surface area (Å²) in [5.41, 5.74) is 3.59. The number of carbonyl (C=O) groups is 1. The second-order valence-corrected chi connectivity index (χ2v) is 7.55. The highest BCUT2D eigenvalue weighted by Crippen LogP contribution is 2.33. The third-order valence-electron chi connectivity index (χ3n) is 4.70. The molecule has 0 fully saturated rings. The Hall–Kier alpha value is -3.38. The van der Waals surface area contributed by atoms with Crippen LogP contribution in [0.3, 0.4) is 0 Å². The predicted octanol–water partition coefficient (Wildman–Crippen LogP) is 1.80. The molecule has 3 aliphatic rings. The first-order chi connectivity index (χ1) is 13.5. The molecule has 5 rings (SSSR count). The van der Waals surface area contributed by atoms with Gasteiger partial charge >= 0.3 is 5.97 Å². The van der Waals surface area contributed by atoms with Crippen molar-refractivity contribution in [3.8, 4) is 0 Å². The molecule has 7 heteroatoms. The quantitative estimate of drug-likeness (QED) is 0.511. The molecule has 1 unspecified atom stereocenters. The minimum absolute atomic E-state index is 0.0831. The third-order valence-corrected chi connectivity index (χ3v) is 5.03. The molecule has 0 radical (unpaired) electrons. The first kappa shape index (κ1) is 16.8. The van der Waals surface area contributed by atoms with Crippen molar-refractivity contribution < 1.29 is 9.90 Å². The Morgan fingerprint density at radius 1 is 1.07 bits per heavy atom. The minimum atomic E-state index is -1.15. The summed E-state index contributed by atoms with van der Waals surface area (Å²) in [6, 6.07) is 7.87. The van der Waals surface area contributed by atoms with E-state index in [1.54, 1.807) is 6.08 Å². The zero-order valence-corrected chi connectivity index (χ0v) is 15.4. The first-order valence-corrected chi connectivity index (χ1v) is 9.14. The van der Waals surface area contributed by atoms with Gasteiger partial charge in [0.25, 0.3) is 0 Å². The number of allylic oxidation sites excluding steroid dienone is 3. The lowest BCUT2D eigenvalue weighted by molar-refractivity contribution is -0.132. The summed E-state index contributed by atoms with van der Waals surface area (Å²) < 4.78 is 0. The standard InChI is InChI=1S/C21H15ClN4O2/c22-21-10-17-6-5-15(25-17)8-13-2-1-12(23-13)7-14-3-4-16(24-14)9-19(26-21)18(11-21)20(27)28/h1-9,11,23,25H,10H2,(H,27,28). The van der Waals surface area contributed by atoms with Crippen LogP contribution in [0.2, 0.25) is 0 Å². The topological polar surface area (TPSA) is 93.6 Å². The van der Waals surface area contributed by atoms with Gasteiger partial charge in [0, 0.05) is 28.5 Å². The lowest BCUT2D eigenvalue weighted by Crippen LogP contribution is -2.17. The number of alkyl halides is 1. The predicted molar refractivity (Wildman–Crippen MR) is 109 cm³/mol. The molecule has 1 atom stereocenters. The van der Waals surface area contributed by atoms with Gasteiger partial charge in [-0.05, 0) is 60.7 Å². The molecule has 0 aromatic carbocycles. The molecule has 3 aliphatic heterocycles. The molecule has 28 heavy (non-hydrogen) atoms. The fourth-order valence-electron chi connectivity index (χ4n) is 3.49. The van der Waals surface area contributed by atoms with Gasteiger partial charge < -0.3 is 15.1 Å². The number of aromatic nitrogens is 2. The summed E-state index contributed by atoms with van der Waals surface area (Å²) in [6.07, 6.45) is 11.1. The van der Waals surface area contributed by atoms with Crippen molar-refractivity contribution >= 4 is 41.1 Å². The van der Waals surface area contributed by atoms with Crippen molar-refractivity contribution in [2.45, 2.75) is 11.4 Å². The molecule has 138 valence electrons. The second kappa shape index (κ2) is 6.07. The number of nitrogens with one attached hydrogen (secondary N) is 2. The van der Waals surface area contributed by atoms with Crippen LogP contribution in [0.4, 0.5) is 0 Å². The SMILES string of the molecule is O=C(O)C1=CC2(Cl)Cc3ccc([nH]3)C=c3ccc([nH]3)=CC3=NC(=CC1=N2)C=C3. The van der Waals surface area contributed by atoms with E-state index in [-0.39, 0.29) is 5.57 Å².